The van der Waals surface area contributed by atoms with Gasteiger partial charge < -0.3 is 14.2 Å². The molecule has 104 valence electrons. The molecule has 1 atom stereocenters. The molecule has 6 heteroatoms. The molecule has 3 aromatic rings. The molecule has 0 aliphatic carbocycles. The van der Waals surface area contributed by atoms with Gasteiger partial charge in [0.15, 0.2) is 5.75 Å². The van der Waals surface area contributed by atoms with Gasteiger partial charge in [0.1, 0.15) is 17.4 Å². The Morgan fingerprint density at radius 3 is 2.95 bits per heavy atom. The predicted molar refractivity (Wildman–Crippen MR) is 73.7 cm³/mol. The molecule has 3 rings (SSSR count). The van der Waals surface area contributed by atoms with Gasteiger partial charge in [-0.3, -0.25) is 4.68 Å². The van der Waals surface area contributed by atoms with Crippen LogP contribution in [-0.2, 0) is 6.54 Å². The zero-order chi connectivity index (χ0) is 14.1. The summed E-state index contributed by atoms with van der Waals surface area (Å²) < 4.78 is 8.86. The molecule has 0 radical (unpaired) electrons. The van der Waals surface area contributed by atoms with Gasteiger partial charge in [-0.2, -0.15) is 5.10 Å². The number of methoxy groups -OCH3 is 1. The first kappa shape index (κ1) is 12.7. The van der Waals surface area contributed by atoms with Gasteiger partial charge in [-0.25, -0.2) is 4.98 Å². The van der Waals surface area contributed by atoms with Crippen LogP contribution in [0.5, 0.6) is 5.75 Å². The molecule has 0 bridgehead atoms. The molecule has 20 heavy (non-hydrogen) atoms. The highest BCUT2D eigenvalue weighted by molar-refractivity contribution is 5.42. The molecule has 0 spiro atoms. The van der Waals surface area contributed by atoms with E-state index in [4.69, 9.17) is 4.74 Å². The number of rotatable bonds is 4. The number of ether oxygens (including phenoxy) is 1. The van der Waals surface area contributed by atoms with Crippen molar-refractivity contribution in [2.75, 3.05) is 7.11 Å². The highest BCUT2D eigenvalue weighted by Crippen LogP contribution is 2.29. The summed E-state index contributed by atoms with van der Waals surface area (Å²) in [6, 6.07) is 5.72. The molecular formula is C14H16N4O2. The summed E-state index contributed by atoms with van der Waals surface area (Å²) >= 11 is 0. The van der Waals surface area contributed by atoms with E-state index in [1.54, 1.807) is 18.0 Å². The maximum atomic E-state index is 10.6. The fraction of sp³-hybridized carbons (Fsp3) is 0.286. The van der Waals surface area contributed by atoms with Crippen LogP contribution in [0.15, 0.2) is 36.8 Å². The number of aliphatic hydroxyl groups excluding tert-OH is 1. The summed E-state index contributed by atoms with van der Waals surface area (Å²) in [5.74, 6) is 0.566. The van der Waals surface area contributed by atoms with E-state index >= 15 is 0 Å². The monoisotopic (exact) mass is 272 g/mol. The van der Waals surface area contributed by atoms with E-state index in [0.29, 0.717) is 23.7 Å². The van der Waals surface area contributed by atoms with Crippen LogP contribution < -0.4 is 4.74 Å². The Balaban J connectivity index is 2.07. The molecule has 0 aliphatic rings. The molecule has 6 nitrogen and oxygen atoms in total. The summed E-state index contributed by atoms with van der Waals surface area (Å²) in [5.41, 5.74) is 1.99. The molecule has 0 fully saturated rings. The maximum absolute atomic E-state index is 10.6. The number of hydrogen-bond donors (Lipinski definition) is 1. The van der Waals surface area contributed by atoms with Crippen LogP contribution in [0, 0.1) is 0 Å². The average molecular weight is 272 g/mol. The molecule has 0 aromatic carbocycles. The van der Waals surface area contributed by atoms with Gasteiger partial charge in [-0.15, -0.1) is 0 Å². The summed E-state index contributed by atoms with van der Waals surface area (Å²) in [5, 5.41) is 14.8. The quantitative estimate of drug-likeness (QED) is 0.784. The van der Waals surface area contributed by atoms with Crippen LogP contribution in [0.25, 0.3) is 5.65 Å². The average Bonchev–Trinajstić information content (AvgIpc) is 3.09. The Hall–Kier alpha value is -2.34. The van der Waals surface area contributed by atoms with Gasteiger partial charge in [0.25, 0.3) is 0 Å². The van der Waals surface area contributed by atoms with Crippen molar-refractivity contribution in [3.8, 4) is 5.75 Å². The molecule has 0 aliphatic heterocycles. The van der Waals surface area contributed by atoms with Crippen LogP contribution in [-0.4, -0.2) is 31.4 Å². The van der Waals surface area contributed by atoms with Crippen molar-refractivity contribution in [3.63, 3.8) is 0 Å². The second-order valence-electron chi connectivity index (χ2n) is 4.45. The third-order valence-electron chi connectivity index (χ3n) is 3.29. The minimum absolute atomic E-state index is 0.566. The van der Waals surface area contributed by atoms with Crippen LogP contribution in [0.4, 0.5) is 0 Å². The molecule has 1 unspecified atom stereocenters. The van der Waals surface area contributed by atoms with E-state index in [1.807, 2.05) is 41.9 Å². The zero-order valence-electron chi connectivity index (χ0n) is 11.4. The van der Waals surface area contributed by atoms with Gasteiger partial charge in [-0.1, -0.05) is 6.07 Å². The standard InChI is InChI=1S/C14H16N4O2/c1-3-18-13(11(20-2)8-15-18)14(19)10-9-17-7-5-4-6-12(17)16-10/h4-9,14,19H,3H2,1-2H3. The number of imidazole rings is 1. The Morgan fingerprint density at radius 2 is 2.25 bits per heavy atom. The lowest BCUT2D eigenvalue weighted by molar-refractivity contribution is 0.198. The molecular weight excluding hydrogens is 256 g/mol. The molecule has 0 amide bonds. The fourth-order valence-corrected chi connectivity index (χ4v) is 2.29. The normalized spacial score (nSPS) is 12.8. The van der Waals surface area contributed by atoms with Gasteiger partial charge in [0.05, 0.1) is 19.0 Å². The molecule has 1 N–H and O–H groups in total. The Morgan fingerprint density at radius 1 is 1.40 bits per heavy atom. The largest absolute Gasteiger partial charge is 0.493 e. The number of pyridine rings is 1. The van der Waals surface area contributed by atoms with Crippen molar-refractivity contribution < 1.29 is 9.84 Å². The first-order valence-corrected chi connectivity index (χ1v) is 6.46. The van der Waals surface area contributed by atoms with Crippen molar-refractivity contribution in [2.45, 2.75) is 19.6 Å². The lowest BCUT2D eigenvalue weighted by Crippen LogP contribution is -2.10. The fourth-order valence-electron chi connectivity index (χ4n) is 2.29. The van der Waals surface area contributed by atoms with E-state index in [2.05, 4.69) is 10.1 Å². The van der Waals surface area contributed by atoms with Crippen molar-refractivity contribution >= 4 is 5.65 Å². The van der Waals surface area contributed by atoms with Gasteiger partial charge in [0.2, 0.25) is 0 Å². The lowest BCUT2D eigenvalue weighted by atomic mass is 10.2. The first-order valence-electron chi connectivity index (χ1n) is 6.46. The van der Waals surface area contributed by atoms with E-state index in [-0.39, 0.29) is 0 Å². The summed E-state index contributed by atoms with van der Waals surface area (Å²) in [7, 11) is 1.57. The van der Waals surface area contributed by atoms with Crippen LogP contribution in [0.2, 0.25) is 0 Å². The maximum Gasteiger partial charge on any atom is 0.163 e. The molecule has 0 saturated carbocycles. The van der Waals surface area contributed by atoms with Crippen LogP contribution in [0.3, 0.4) is 0 Å². The number of hydrogen-bond acceptors (Lipinski definition) is 4. The third-order valence-corrected chi connectivity index (χ3v) is 3.29. The summed E-state index contributed by atoms with van der Waals surface area (Å²) in [6.07, 6.45) is 4.45. The van der Waals surface area contributed by atoms with Crippen molar-refractivity contribution in [1.29, 1.82) is 0 Å². The number of nitrogens with zero attached hydrogens (tertiary/aromatic N) is 4. The van der Waals surface area contributed by atoms with E-state index in [9.17, 15) is 5.11 Å². The van der Waals surface area contributed by atoms with Crippen molar-refractivity contribution in [1.82, 2.24) is 19.2 Å². The Labute approximate surface area is 116 Å². The van der Waals surface area contributed by atoms with Crippen molar-refractivity contribution in [3.05, 3.63) is 48.2 Å². The highest BCUT2D eigenvalue weighted by atomic mass is 16.5. The highest BCUT2D eigenvalue weighted by Gasteiger charge is 2.23. The van der Waals surface area contributed by atoms with Gasteiger partial charge >= 0.3 is 0 Å². The van der Waals surface area contributed by atoms with E-state index in [1.165, 1.54) is 0 Å². The number of fused-ring (bicyclic) bond motifs is 1. The lowest BCUT2D eigenvalue weighted by Gasteiger charge is -2.11. The first-order chi connectivity index (χ1) is 9.74. The number of aliphatic hydroxyl groups is 1. The molecule has 3 aromatic heterocycles. The topological polar surface area (TPSA) is 64.6 Å². The molecule has 0 saturated heterocycles. The second-order valence-corrected chi connectivity index (χ2v) is 4.45. The van der Waals surface area contributed by atoms with E-state index in [0.717, 1.165) is 5.65 Å². The number of aryl methyl sites for hydroxylation is 1. The zero-order valence-corrected chi connectivity index (χ0v) is 11.4. The minimum Gasteiger partial charge on any atom is -0.493 e. The van der Waals surface area contributed by atoms with Crippen molar-refractivity contribution in [2.24, 2.45) is 0 Å². The second kappa shape index (κ2) is 4.97. The van der Waals surface area contributed by atoms with Gasteiger partial charge in [0, 0.05) is 18.9 Å². The molecule has 3 heterocycles. The van der Waals surface area contributed by atoms with E-state index < -0.39 is 6.10 Å². The smallest absolute Gasteiger partial charge is 0.163 e. The SMILES string of the molecule is CCn1ncc(OC)c1C(O)c1cn2ccccc2n1. The number of aromatic nitrogens is 4. The van der Waals surface area contributed by atoms with Crippen LogP contribution >= 0.6 is 0 Å². The van der Waals surface area contributed by atoms with Gasteiger partial charge in [-0.05, 0) is 19.1 Å². The Bertz CT molecular complexity index is 677. The minimum atomic E-state index is -0.868. The third kappa shape index (κ3) is 1.94. The Kier molecular flexibility index (Phi) is 3.15. The summed E-state index contributed by atoms with van der Waals surface area (Å²) in [6.45, 7) is 2.62. The van der Waals surface area contributed by atoms with Crippen LogP contribution in [0.1, 0.15) is 24.4 Å². The predicted octanol–water partition coefficient (Wildman–Crippen LogP) is 1.64. The summed E-state index contributed by atoms with van der Waals surface area (Å²) in [4.78, 5) is 4.44.